The minimum absolute atomic E-state index is 0.127. The van der Waals surface area contributed by atoms with E-state index in [0.717, 1.165) is 27.6 Å². The molecule has 4 rings (SSSR count). The molecule has 0 bridgehead atoms. The molecule has 0 radical (unpaired) electrons. The number of aromatic nitrogens is 3. The van der Waals surface area contributed by atoms with Crippen LogP contribution in [0, 0.1) is 6.92 Å². The van der Waals surface area contributed by atoms with Gasteiger partial charge in [0, 0.05) is 23.9 Å². The summed E-state index contributed by atoms with van der Waals surface area (Å²) in [7, 11) is 1.63. The quantitative estimate of drug-likeness (QED) is 0.641. The highest BCUT2D eigenvalue weighted by molar-refractivity contribution is 7.15. The number of hydrogen-bond donors (Lipinski definition) is 1. The molecule has 7 nitrogen and oxygen atoms in total. The lowest BCUT2D eigenvalue weighted by Gasteiger charge is -2.04. The van der Waals surface area contributed by atoms with Crippen LogP contribution in [0.25, 0.3) is 11.6 Å². The van der Waals surface area contributed by atoms with Crippen molar-refractivity contribution >= 4 is 51.4 Å². The number of aryl methyl sites for hydroxylation is 1. The van der Waals surface area contributed by atoms with Crippen molar-refractivity contribution in [3.05, 3.63) is 51.1 Å². The largest absolute Gasteiger partial charge is 0.497 e. The second-order valence-corrected chi connectivity index (χ2v) is 8.10. The maximum atomic E-state index is 10.8. The van der Waals surface area contributed by atoms with Crippen molar-refractivity contribution in [2.24, 2.45) is 9.98 Å². The standard InChI is InChI=1S/C19H17N5O2S2/c1-4-7-24-17(25)16(28-19(24)21-18-23-22-11(2)27-18)8-12-10-20-15-6-5-13(26-3)9-14(12)15/h4-6,8-10,25H,1,7H2,2-3H3. The van der Waals surface area contributed by atoms with Crippen LogP contribution < -0.4 is 9.54 Å². The van der Waals surface area contributed by atoms with Gasteiger partial charge in [-0.15, -0.1) is 16.8 Å². The van der Waals surface area contributed by atoms with E-state index in [9.17, 15) is 5.11 Å². The van der Waals surface area contributed by atoms with Gasteiger partial charge < -0.3 is 9.84 Å². The Hall–Kier alpha value is -3.04. The second kappa shape index (κ2) is 7.53. The van der Waals surface area contributed by atoms with Crippen molar-refractivity contribution in [3.8, 4) is 11.6 Å². The highest BCUT2D eigenvalue weighted by Crippen LogP contribution is 2.36. The fourth-order valence-corrected chi connectivity index (χ4v) is 4.36. The molecule has 1 N–H and O–H groups in total. The summed E-state index contributed by atoms with van der Waals surface area (Å²) in [6.45, 7) is 6.07. The van der Waals surface area contributed by atoms with Crippen molar-refractivity contribution in [1.29, 1.82) is 0 Å². The Kier molecular flexibility index (Phi) is 4.93. The van der Waals surface area contributed by atoms with Crippen LogP contribution in [0.3, 0.4) is 0 Å². The minimum atomic E-state index is 0.127. The first kappa shape index (κ1) is 18.3. The molecule has 3 aromatic rings. The van der Waals surface area contributed by atoms with Gasteiger partial charge in [0.15, 0.2) is 4.80 Å². The number of benzene rings is 1. The molecule has 0 spiro atoms. The first-order chi connectivity index (χ1) is 13.6. The SMILES string of the molecule is C=CCn1c(O)c(C=C2C=Nc3ccc(OC)cc32)sc1=Nc1nnc(C)s1. The Balaban J connectivity index is 1.81. The molecule has 3 heterocycles. The summed E-state index contributed by atoms with van der Waals surface area (Å²) in [6, 6.07) is 5.73. The molecular weight excluding hydrogens is 394 g/mol. The fourth-order valence-electron chi connectivity index (χ4n) is 2.76. The summed E-state index contributed by atoms with van der Waals surface area (Å²) in [5, 5.41) is 20.2. The molecule has 0 unspecified atom stereocenters. The van der Waals surface area contributed by atoms with E-state index in [4.69, 9.17) is 4.74 Å². The van der Waals surface area contributed by atoms with Gasteiger partial charge in [-0.05, 0) is 31.2 Å². The Morgan fingerprint density at radius 3 is 2.89 bits per heavy atom. The van der Waals surface area contributed by atoms with Gasteiger partial charge in [-0.2, -0.15) is 4.99 Å². The number of thiazole rings is 1. The van der Waals surface area contributed by atoms with Crippen molar-refractivity contribution in [1.82, 2.24) is 14.8 Å². The lowest BCUT2D eigenvalue weighted by Crippen LogP contribution is -2.12. The predicted octanol–water partition coefficient (Wildman–Crippen LogP) is 4.10. The second-order valence-electron chi connectivity index (χ2n) is 5.93. The van der Waals surface area contributed by atoms with E-state index in [1.165, 1.54) is 22.7 Å². The van der Waals surface area contributed by atoms with E-state index in [0.29, 0.717) is 21.4 Å². The Bertz CT molecular complexity index is 1180. The molecule has 9 heteroatoms. The lowest BCUT2D eigenvalue weighted by molar-refractivity contribution is 0.415. The predicted molar refractivity (Wildman–Crippen MR) is 113 cm³/mol. The number of hydrogen-bond acceptors (Lipinski definition) is 8. The molecule has 0 saturated carbocycles. The zero-order valence-corrected chi connectivity index (χ0v) is 16.9. The zero-order valence-electron chi connectivity index (χ0n) is 15.3. The Morgan fingerprint density at radius 2 is 2.18 bits per heavy atom. The van der Waals surface area contributed by atoms with Crippen LogP contribution in [0.15, 0.2) is 40.8 Å². The van der Waals surface area contributed by atoms with Crippen LogP contribution in [0.2, 0.25) is 0 Å². The Labute approximate surface area is 169 Å². The molecular formula is C19H17N5O2S2. The van der Waals surface area contributed by atoms with Gasteiger partial charge in [0.25, 0.3) is 0 Å². The summed E-state index contributed by atoms with van der Waals surface area (Å²) in [5.41, 5.74) is 2.73. The van der Waals surface area contributed by atoms with Gasteiger partial charge in [0.2, 0.25) is 11.0 Å². The van der Waals surface area contributed by atoms with E-state index in [1.807, 2.05) is 31.2 Å². The molecule has 0 fully saturated rings. The maximum absolute atomic E-state index is 10.8. The highest BCUT2D eigenvalue weighted by atomic mass is 32.1. The third-order valence-corrected chi connectivity index (χ3v) is 5.82. The first-order valence-corrected chi connectivity index (χ1v) is 10.0. The summed E-state index contributed by atoms with van der Waals surface area (Å²) in [5.74, 6) is 0.886. The summed E-state index contributed by atoms with van der Waals surface area (Å²) in [6.07, 6.45) is 5.40. The van der Waals surface area contributed by atoms with Crippen LogP contribution in [0.1, 0.15) is 15.4 Å². The van der Waals surface area contributed by atoms with Crippen molar-refractivity contribution in [2.45, 2.75) is 13.5 Å². The highest BCUT2D eigenvalue weighted by Gasteiger charge is 2.17. The number of methoxy groups -OCH3 is 1. The number of nitrogens with zero attached hydrogens (tertiary/aromatic N) is 5. The molecule has 1 aliphatic rings. The molecule has 0 saturated heterocycles. The smallest absolute Gasteiger partial charge is 0.234 e. The van der Waals surface area contributed by atoms with Crippen LogP contribution in [0.5, 0.6) is 11.6 Å². The van der Waals surface area contributed by atoms with Crippen LogP contribution in [-0.4, -0.2) is 33.2 Å². The van der Waals surface area contributed by atoms with E-state index < -0.39 is 0 Å². The average molecular weight is 412 g/mol. The van der Waals surface area contributed by atoms with Crippen molar-refractivity contribution in [3.63, 3.8) is 0 Å². The summed E-state index contributed by atoms with van der Waals surface area (Å²) >= 11 is 2.77. The third kappa shape index (κ3) is 3.41. The van der Waals surface area contributed by atoms with E-state index in [2.05, 4.69) is 26.8 Å². The number of ether oxygens (including phenoxy) is 1. The van der Waals surface area contributed by atoms with Crippen LogP contribution in [-0.2, 0) is 6.54 Å². The Morgan fingerprint density at radius 1 is 1.32 bits per heavy atom. The molecule has 1 aromatic carbocycles. The van der Waals surface area contributed by atoms with Crippen molar-refractivity contribution in [2.75, 3.05) is 7.11 Å². The van der Waals surface area contributed by atoms with Crippen LogP contribution >= 0.6 is 22.7 Å². The number of aromatic hydroxyl groups is 1. The maximum Gasteiger partial charge on any atom is 0.234 e. The topological polar surface area (TPSA) is 84.9 Å². The summed E-state index contributed by atoms with van der Waals surface area (Å²) < 4.78 is 7.01. The molecule has 0 amide bonds. The molecule has 142 valence electrons. The van der Waals surface area contributed by atoms with Gasteiger partial charge in [-0.3, -0.25) is 9.56 Å². The first-order valence-electron chi connectivity index (χ1n) is 8.41. The number of aliphatic imine (C=N–C) groups is 1. The molecule has 2 aromatic heterocycles. The van der Waals surface area contributed by atoms with Gasteiger partial charge in [-0.25, -0.2) is 0 Å². The minimum Gasteiger partial charge on any atom is -0.497 e. The van der Waals surface area contributed by atoms with Gasteiger partial charge in [0.1, 0.15) is 10.8 Å². The summed E-state index contributed by atoms with van der Waals surface area (Å²) in [4.78, 5) is 10.3. The van der Waals surface area contributed by atoms with E-state index in [-0.39, 0.29) is 5.88 Å². The number of fused-ring (bicyclic) bond motifs is 1. The molecule has 0 atom stereocenters. The van der Waals surface area contributed by atoms with Crippen LogP contribution in [0.4, 0.5) is 10.8 Å². The van der Waals surface area contributed by atoms with Crippen molar-refractivity contribution < 1.29 is 9.84 Å². The van der Waals surface area contributed by atoms with E-state index in [1.54, 1.807) is 24.0 Å². The van der Waals surface area contributed by atoms with E-state index >= 15 is 0 Å². The van der Waals surface area contributed by atoms with Gasteiger partial charge in [0.05, 0.1) is 17.7 Å². The van der Waals surface area contributed by atoms with Gasteiger partial charge >= 0.3 is 0 Å². The normalized spacial score (nSPS) is 14.6. The lowest BCUT2D eigenvalue weighted by atomic mass is 10.1. The zero-order chi connectivity index (χ0) is 19.7. The molecule has 1 aliphatic heterocycles. The fraction of sp³-hybridized carbons (Fsp3) is 0.158. The monoisotopic (exact) mass is 411 g/mol. The number of allylic oxidation sites excluding steroid dienone is 2. The average Bonchev–Trinajstić information content (AvgIpc) is 3.36. The third-order valence-electron chi connectivity index (χ3n) is 4.07. The van der Waals surface area contributed by atoms with Gasteiger partial charge in [-0.1, -0.05) is 28.7 Å². The number of rotatable bonds is 5. The molecule has 28 heavy (non-hydrogen) atoms. The molecule has 0 aliphatic carbocycles.